The minimum atomic E-state index is -0.197. The first-order chi connectivity index (χ1) is 9.56. The van der Waals surface area contributed by atoms with Crippen molar-refractivity contribution in [2.45, 2.75) is 26.3 Å². The Morgan fingerprint density at radius 3 is 2.65 bits per heavy atom. The maximum Gasteiger partial charge on any atom is 0.126 e. The van der Waals surface area contributed by atoms with Crippen LogP contribution in [-0.2, 0) is 0 Å². The monoisotopic (exact) mass is 273 g/mol. The molecule has 2 rings (SSSR count). The van der Waals surface area contributed by atoms with E-state index >= 15 is 0 Å². The quantitative estimate of drug-likeness (QED) is 0.896. The Labute approximate surface area is 119 Å². The summed E-state index contributed by atoms with van der Waals surface area (Å²) in [5.74, 6) is 0.657. The molecule has 0 bridgehead atoms. The van der Waals surface area contributed by atoms with Crippen molar-refractivity contribution >= 4 is 0 Å². The molecule has 1 unspecified atom stereocenters. The number of nitrogens with two attached hydrogens (primary N) is 1. The van der Waals surface area contributed by atoms with Gasteiger partial charge in [-0.25, -0.2) is 4.39 Å². The van der Waals surface area contributed by atoms with Gasteiger partial charge in [-0.1, -0.05) is 24.3 Å². The zero-order valence-electron chi connectivity index (χ0n) is 11.9. The smallest absolute Gasteiger partial charge is 0.126 e. The Bertz CT molecular complexity index is 583. The molecule has 0 amide bonds. The molecule has 0 fully saturated rings. The second-order valence-corrected chi connectivity index (χ2v) is 5.07. The Balaban J connectivity index is 1.88. The van der Waals surface area contributed by atoms with Gasteiger partial charge in [-0.15, -0.1) is 0 Å². The molecule has 2 N–H and O–H groups in total. The van der Waals surface area contributed by atoms with Crippen LogP contribution in [0.25, 0.3) is 0 Å². The Hall–Kier alpha value is -1.87. The first-order valence-electron chi connectivity index (χ1n) is 6.77. The van der Waals surface area contributed by atoms with Crippen LogP contribution in [0.5, 0.6) is 5.75 Å². The molecule has 0 aliphatic rings. The lowest BCUT2D eigenvalue weighted by atomic mass is 10.0. The predicted molar refractivity (Wildman–Crippen MR) is 79.4 cm³/mol. The van der Waals surface area contributed by atoms with Gasteiger partial charge in [-0.3, -0.25) is 0 Å². The van der Waals surface area contributed by atoms with E-state index < -0.39 is 0 Å². The van der Waals surface area contributed by atoms with Crippen LogP contribution < -0.4 is 10.5 Å². The third kappa shape index (κ3) is 3.81. The highest BCUT2D eigenvalue weighted by Crippen LogP contribution is 2.19. The summed E-state index contributed by atoms with van der Waals surface area (Å²) in [6.45, 7) is 4.32. The molecule has 2 aromatic carbocycles. The van der Waals surface area contributed by atoms with Gasteiger partial charge in [0.25, 0.3) is 0 Å². The minimum Gasteiger partial charge on any atom is -0.494 e. The Kier molecular flexibility index (Phi) is 4.74. The molecule has 1 atom stereocenters. The summed E-state index contributed by atoms with van der Waals surface area (Å²) in [6, 6.07) is 12.8. The highest BCUT2D eigenvalue weighted by Gasteiger charge is 2.08. The van der Waals surface area contributed by atoms with E-state index in [1.54, 1.807) is 19.1 Å². The summed E-state index contributed by atoms with van der Waals surface area (Å²) in [6.07, 6.45) is 0.693. The van der Waals surface area contributed by atoms with Gasteiger partial charge in [0.15, 0.2) is 0 Å². The lowest BCUT2D eigenvalue weighted by Crippen LogP contribution is -2.14. The SMILES string of the molecule is Cc1cccc(OCCC(N)c2ccc(F)c(C)c2)c1. The van der Waals surface area contributed by atoms with E-state index in [0.29, 0.717) is 18.6 Å². The molecule has 0 saturated carbocycles. The number of ether oxygens (including phenoxy) is 1. The van der Waals surface area contributed by atoms with Crippen LogP contribution in [-0.4, -0.2) is 6.61 Å². The zero-order chi connectivity index (χ0) is 14.5. The summed E-state index contributed by atoms with van der Waals surface area (Å²) < 4.78 is 18.9. The molecule has 0 aliphatic heterocycles. The van der Waals surface area contributed by atoms with E-state index in [9.17, 15) is 4.39 Å². The highest BCUT2D eigenvalue weighted by atomic mass is 19.1. The molecule has 0 aromatic heterocycles. The van der Waals surface area contributed by atoms with Crippen molar-refractivity contribution in [1.29, 1.82) is 0 Å². The molecule has 3 heteroatoms. The molecule has 0 radical (unpaired) electrons. The number of halogens is 1. The maximum atomic E-state index is 13.2. The van der Waals surface area contributed by atoms with Crippen LogP contribution in [0, 0.1) is 19.7 Å². The van der Waals surface area contributed by atoms with Gasteiger partial charge in [0.1, 0.15) is 11.6 Å². The standard InChI is InChI=1S/C17H20FNO/c1-12-4-3-5-15(10-12)20-9-8-17(19)14-6-7-16(18)13(2)11-14/h3-7,10-11,17H,8-9,19H2,1-2H3. The molecular weight excluding hydrogens is 253 g/mol. The van der Waals surface area contributed by atoms with Crippen molar-refractivity contribution in [2.24, 2.45) is 5.73 Å². The average Bonchev–Trinajstić information content (AvgIpc) is 2.42. The van der Waals surface area contributed by atoms with Crippen molar-refractivity contribution < 1.29 is 9.13 Å². The summed E-state index contributed by atoms with van der Waals surface area (Å²) in [5, 5.41) is 0. The van der Waals surface area contributed by atoms with E-state index in [-0.39, 0.29) is 11.9 Å². The second kappa shape index (κ2) is 6.53. The fraction of sp³-hybridized carbons (Fsp3) is 0.294. The van der Waals surface area contributed by atoms with Crippen LogP contribution in [0.4, 0.5) is 4.39 Å². The van der Waals surface area contributed by atoms with Crippen LogP contribution in [0.3, 0.4) is 0 Å². The maximum absolute atomic E-state index is 13.2. The first-order valence-corrected chi connectivity index (χ1v) is 6.77. The molecule has 0 spiro atoms. The van der Waals surface area contributed by atoms with Gasteiger partial charge in [-0.05, 0) is 48.7 Å². The van der Waals surface area contributed by atoms with Crippen molar-refractivity contribution in [1.82, 2.24) is 0 Å². The van der Waals surface area contributed by atoms with E-state index in [2.05, 4.69) is 0 Å². The molecule has 106 valence electrons. The summed E-state index contributed by atoms with van der Waals surface area (Å²) >= 11 is 0. The van der Waals surface area contributed by atoms with Gasteiger partial charge < -0.3 is 10.5 Å². The van der Waals surface area contributed by atoms with E-state index in [0.717, 1.165) is 11.3 Å². The van der Waals surface area contributed by atoms with Crippen LogP contribution in [0.15, 0.2) is 42.5 Å². The van der Waals surface area contributed by atoms with Crippen molar-refractivity contribution in [2.75, 3.05) is 6.61 Å². The first kappa shape index (κ1) is 14.5. The number of rotatable bonds is 5. The van der Waals surface area contributed by atoms with Crippen LogP contribution in [0.1, 0.15) is 29.2 Å². The third-order valence-electron chi connectivity index (χ3n) is 3.30. The highest BCUT2D eigenvalue weighted by molar-refractivity contribution is 5.28. The van der Waals surface area contributed by atoms with Crippen LogP contribution in [0.2, 0.25) is 0 Å². The Morgan fingerprint density at radius 1 is 1.15 bits per heavy atom. The van der Waals surface area contributed by atoms with Crippen molar-refractivity contribution in [3.63, 3.8) is 0 Å². The molecule has 0 heterocycles. The second-order valence-electron chi connectivity index (χ2n) is 5.07. The number of hydrogen-bond acceptors (Lipinski definition) is 2. The molecule has 20 heavy (non-hydrogen) atoms. The molecule has 0 aliphatic carbocycles. The topological polar surface area (TPSA) is 35.2 Å². The summed E-state index contributed by atoms with van der Waals surface area (Å²) in [4.78, 5) is 0. The fourth-order valence-corrected chi connectivity index (χ4v) is 2.07. The third-order valence-corrected chi connectivity index (χ3v) is 3.30. The average molecular weight is 273 g/mol. The van der Waals surface area contributed by atoms with Gasteiger partial charge in [0, 0.05) is 12.5 Å². The molecule has 2 nitrogen and oxygen atoms in total. The van der Waals surface area contributed by atoms with Gasteiger partial charge in [-0.2, -0.15) is 0 Å². The molecule has 0 saturated heterocycles. The van der Waals surface area contributed by atoms with E-state index in [1.165, 1.54) is 11.6 Å². The van der Waals surface area contributed by atoms with Gasteiger partial charge >= 0.3 is 0 Å². The number of benzene rings is 2. The predicted octanol–water partition coefficient (Wildman–Crippen LogP) is 3.91. The summed E-state index contributed by atoms with van der Waals surface area (Å²) in [5.41, 5.74) is 8.84. The normalized spacial score (nSPS) is 12.2. The zero-order valence-corrected chi connectivity index (χ0v) is 11.9. The van der Waals surface area contributed by atoms with Gasteiger partial charge in [0.2, 0.25) is 0 Å². The minimum absolute atomic E-state index is 0.140. The lowest BCUT2D eigenvalue weighted by molar-refractivity contribution is 0.298. The largest absolute Gasteiger partial charge is 0.494 e. The Morgan fingerprint density at radius 2 is 1.95 bits per heavy atom. The molecular formula is C17H20FNO. The fourth-order valence-electron chi connectivity index (χ4n) is 2.07. The number of aryl methyl sites for hydroxylation is 2. The van der Waals surface area contributed by atoms with Crippen molar-refractivity contribution in [3.05, 3.63) is 65.0 Å². The molecule has 2 aromatic rings. The van der Waals surface area contributed by atoms with Gasteiger partial charge in [0.05, 0.1) is 6.61 Å². The van der Waals surface area contributed by atoms with E-state index in [4.69, 9.17) is 10.5 Å². The van der Waals surface area contributed by atoms with Crippen LogP contribution >= 0.6 is 0 Å². The summed E-state index contributed by atoms with van der Waals surface area (Å²) in [7, 11) is 0. The van der Waals surface area contributed by atoms with Crippen molar-refractivity contribution in [3.8, 4) is 5.75 Å². The number of hydrogen-bond donors (Lipinski definition) is 1. The lowest BCUT2D eigenvalue weighted by Gasteiger charge is -2.14. The van der Waals surface area contributed by atoms with E-state index in [1.807, 2.05) is 31.2 Å².